The van der Waals surface area contributed by atoms with E-state index in [0.29, 0.717) is 11.2 Å². The highest BCUT2D eigenvalue weighted by Crippen LogP contribution is 2.46. The van der Waals surface area contributed by atoms with Crippen molar-refractivity contribution in [1.82, 2.24) is 24.8 Å². The number of nitrogens with two attached hydrogens (primary N) is 1. The van der Waals surface area contributed by atoms with Crippen LogP contribution in [0.3, 0.4) is 0 Å². The molecule has 252 valence electrons. The van der Waals surface area contributed by atoms with E-state index in [-0.39, 0.29) is 5.82 Å². The van der Waals surface area contributed by atoms with Crippen molar-refractivity contribution in [3.63, 3.8) is 0 Å². The van der Waals surface area contributed by atoms with Crippen LogP contribution in [0.1, 0.15) is 74.1 Å². The number of anilines is 1. The summed E-state index contributed by atoms with van der Waals surface area (Å²) < 4.78 is 43.8. The average Bonchev–Trinajstić information content (AvgIpc) is 3.45. The first-order chi connectivity index (χ1) is 20.9. The van der Waals surface area contributed by atoms with Gasteiger partial charge in [-0.2, -0.15) is 5.10 Å². The monoisotopic (exact) mass is 656 g/mol. The minimum atomic E-state index is -4.27. The van der Waals surface area contributed by atoms with Gasteiger partial charge in [0.15, 0.2) is 11.9 Å². The maximum absolute atomic E-state index is 14.2. The molecule has 6 atom stereocenters. The van der Waals surface area contributed by atoms with Crippen molar-refractivity contribution in [2.24, 2.45) is 5.92 Å². The SMILES string of the molecule is CC(C)OC(=O)[C@H](C)NP(=O)(N[C@@H](C)C(=O)OC(C)C)OC[C@H]1O[C@@H](c2ccc3c(N)ncnn23)[C@](C)(O)[C@@H]1OC(=O)C(C)C. The van der Waals surface area contributed by atoms with E-state index in [1.54, 1.807) is 53.7 Å². The number of carbonyl (C=O) groups excluding carboxylic acids is 3. The highest BCUT2D eigenvalue weighted by Gasteiger charge is 2.57. The van der Waals surface area contributed by atoms with Crippen LogP contribution in [0.5, 0.6) is 0 Å². The summed E-state index contributed by atoms with van der Waals surface area (Å²) in [4.78, 5) is 41.9. The van der Waals surface area contributed by atoms with Gasteiger partial charge in [0.2, 0.25) is 0 Å². The molecule has 1 aliphatic heterocycles. The van der Waals surface area contributed by atoms with Crippen LogP contribution in [0.25, 0.3) is 5.52 Å². The Hall–Kier alpha value is -3.14. The molecule has 1 aliphatic rings. The molecule has 1 saturated heterocycles. The van der Waals surface area contributed by atoms with E-state index in [4.69, 9.17) is 29.2 Å². The number of fused-ring (bicyclic) bond motifs is 1. The van der Waals surface area contributed by atoms with Crippen LogP contribution in [0.2, 0.25) is 0 Å². The van der Waals surface area contributed by atoms with Crippen LogP contribution >= 0.6 is 7.67 Å². The number of rotatable bonds is 14. The summed E-state index contributed by atoms with van der Waals surface area (Å²) in [6.45, 7) is 13.7. The third-order valence-corrected chi connectivity index (χ3v) is 8.78. The molecule has 17 heteroatoms. The zero-order valence-corrected chi connectivity index (χ0v) is 27.9. The van der Waals surface area contributed by atoms with Gasteiger partial charge in [0, 0.05) is 0 Å². The Labute approximate surface area is 262 Å². The second-order valence-corrected chi connectivity index (χ2v) is 13.9. The van der Waals surface area contributed by atoms with E-state index >= 15 is 0 Å². The van der Waals surface area contributed by atoms with E-state index in [9.17, 15) is 24.1 Å². The first-order valence-electron chi connectivity index (χ1n) is 14.7. The Balaban J connectivity index is 1.94. The molecule has 0 amide bonds. The fourth-order valence-electron chi connectivity index (χ4n) is 4.61. The van der Waals surface area contributed by atoms with Gasteiger partial charge in [-0.1, -0.05) is 13.8 Å². The normalized spacial score (nSPS) is 23.4. The van der Waals surface area contributed by atoms with Crippen molar-refractivity contribution in [1.29, 1.82) is 0 Å². The molecule has 0 aliphatic carbocycles. The Bertz CT molecular complexity index is 1380. The third kappa shape index (κ3) is 8.77. The van der Waals surface area contributed by atoms with Crippen LogP contribution in [0.15, 0.2) is 18.5 Å². The lowest BCUT2D eigenvalue weighted by Crippen LogP contribution is -2.48. The van der Waals surface area contributed by atoms with Crippen molar-refractivity contribution >= 4 is 36.9 Å². The predicted molar refractivity (Wildman–Crippen MR) is 162 cm³/mol. The topological polar surface area (TPSA) is 215 Å². The Kier molecular flexibility index (Phi) is 11.7. The van der Waals surface area contributed by atoms with Crippen LogP contribution in [0.4, 0.5) is 5.82 Å². The number of ether oxygens (including phenoxy) is 4. The molecule has 0 radical (unpaired) electrons. The molecule has 3 rings (SSSR count). The molecule has 0 aromatic carbocycles. The summed E-state index contributed by atoms with van der Waals surface area (Å²) in [7, 11) is -4.27. The van der Waals surface area contributed by atoms with E-state index in [0.717, 1.165) is 0 Å². The van der Waals surface area contributed by atoms with E-state index in [1.165, 1.54) is 31.6 Å². The maximum atomic E-state index is 14.2. The lowest BCUT2D eigenvalue weighted by molar-refractivity contribution is -0.166. The van der Waals surface area contributed by atoms with Crippen molar-refractivity contribution in [3.05, 3.63) is 24.2 Å². The van der Waals surface area contributed by atoms with Crippen molar-refractivity contribution in [3.8, 4) is 0 Å². The lowest BCUT2D eigenvalue weighted by Gasteiger charge is -2.31. The number of nitrogens with one attached hydrogen (secondary N) is 2. The van der Waals surface area contributed by atoms with Gasteiger partial charge in [-0.15, -0.1) is 0 Å². The van der Waals surface area contributed by atoms with Crippen molar-refractivity contribution in [2.75, 3.05) is 12.3 Å². The van der Waals surface area contributed by atoms with Gasteiger partial charge < -0.3 is 34.3 Å². The highest BCUT2D eigenvalue weighted by atomic mass is 31.2. The lowest BCUT2D eigenvalue weighted by atomic mass is 9.91. The minimum Gasteiger partial charge on any atom is -0.462 e. The number of aliphatic hydroxyl groups is 1. The molecule has 1 fully saturated rings. The number of hydrogen-bond acceptors (Lipinski definition) is 13. The number of nitrogens with zero attached hydrogens (tertiary/aromatic N) is 3. The van der Waals surface area contributed by atoms with Crippen LogP contribution in [0, 0.1) is 5.92 Å². The number of hydrogen-bond donors (Lipinski definition) is 4. The smallest absolute Gasteiger partial charge is 0.342 e. The fourth-order valence-corrected chi connectivity index (χ4v) is 6.42. The molecule has 0 saturated carbocycles. The Morgan fingerprint density at radius 1 is 1.02 bits per heavy atom. The third-order valence-electron chi connectivity index (χ3n) is 6.81. The molecule has 0 spiro atoms. The predicted octanol–water partition coefficient (Wildman–Crippen LogP) is 2.05. The Morgan fingerprint density at radius 2 is 1.58 bits per heavy atom. The summed E-state index contributed by atoms with van der Waals surface area (Å²) in [5, 5.41) is 21.2. The molecule has 5 N–H and O–H groups in total. The quantitative estimate of drug-likeness (QED) is 0.130. The standard InChI is InChI=1S/C28H45N6O10P/c1-14(2)25(35)44-23-21(43-22(28(23,9)38)19-10-11-20-24(29)30-13-31-34(19)20)12-40-45(39,32-17(7)26(36)41-15(3)4)33-18(8)27(37)42-16(5)6/h10-11,13-18,21-23,38H,12H2,1-9H3,(H2,29,30,31)(H2,32,33,39)/t17-,18-,21+,22-,23+,28-/m0/s1. The van der Waals surface area contributed by atoms with E-state index < -0.39 is 86.3 Å². The molecule has 45 heavy (non-hydrogen) atoms. The fraction of sp³-hybridized carbons (Fsp3) is 0.679. The first kappa shape index (κ1) is 36.3. The second-order valence-electron chi connectivity index (χ2n) is 12.0. The first-order valence-corrected chi connectivity index (χ1v) is 16.4. The molecule has 3 heterocycles. The van der Waals surface area contributed by atoms with Gasteiger partial charge in [0.25, 0.3) is 0 Å². The van der Waals surface area contributed by atoms with E-state index in [1.807, 2.05) is 0 Å². The van der Waals surface area contributed by atoms with Gasteiger partial charge in [0.05, 0.1) is 30.4 Å². The number of esters is 3. The van der Waals surface area contributed by atoms with Gasteiger partial charge in [0.1, 0.15) is 41.7 Å². The van der Waals surface area contributed by atoms with Gasteiger partial charge in [-0.05, 0) is 60.6 Å². The van der Waals surface area contributed by atoms with Crippen LogP contribution < -0.4 is 15.9 Å². The summed E-state index contributed by atoms with van der Waals surface area (Å²) in [5.74, 6) is -2.38. The van der Waals surface area contributed by atoms with Crippen molar-refractivity contribution in [2.45, 2.75) is 111 Å². The summed E-state index contributed by atoms with van der Waals surface area (Å²) in [6.07, 6.45) is -3.23. The number of carbonyl (C=O) groups is 3. The Morgan fingerprint density at radius 3 is 2.09 bits per heavy atom. The molecule has 2 aromatic heterocycles. The molecule has 0 unspecified atom stereocenters. The van der Waals surface area contributed by atoms with Gasteiger partial charge in [-0.25, -0.2) is 19.7 Å². The van der Waals surface area contributed by atoms with Gasteiger partial charge in [-0.3, -0.25) is 18.9 Å². The zero-order valence-electron chi connectivity index (χ0n) is 27.0. The summed E-state index contributed by atoms with van der Waals surface area (Å²) >= 11 is 0. The molecule has 0 bridgehead atoms. The summed E-state index contributed by atoms with van der Waals surface area (Å²) in [6, 6.07) is 1.03. The van der Waals surface area contributed by atoms with Crippen LogP contribution in [-0.2, 0) is 42.4 Å². The highest BCUT2D eigenvalue weighted by molar-refractivity contribution is 7.54. The molecular formula is C28H45N6O10P. The van der Waals surface area contributed by atoms with Crippen LogP contribution in [-0.4, -0.2) is 86.3 Å². The second kappa shape index (κ2) is 14.5. The van der Waals surface area contributed by atoms with Crippen molar-refractivity contribution < 1.29 is 47.5 Å². The molecule has 2 aromatic rings. The average molecular weight is 657 g/mol. The van der Waals surface area contributed by atoms with E-state index in [2.05, 4.69) is 20.3 Å². The largest absolute Gasteiger partial charge is 0.462 e. The number of nitrogen functional groups attached to an aromatic ring is 1. The maximum Gasteiger partial charge on any atom is 0.342 e. The molecule has 16 nitrogen and oxygen atoms in total. The number of aromatic nitrogens is 3. The molecular weight excluding hydrogens is 611 g/mol. The minimum absolute atomic E-state index is 0.199. The van der Waals surface area contributed by atoms with Gasteiger partial charge >= 0.3 is 25.6 Å². The summed E-state index contributed by atoms with van der Waals surface area (Å²) in [5.41, 5.74) is 5.00. The zero-order chi connectivity index (χ0) is 33.9.